The SMILES string of the molecule is CN=C(NCCCN1CCCCC1C)NCc1ccnc(OC)c1.I. The van der Waals surface area contributed by atoms with Crippen LogP contribution >= 0.6 is 24.0 Å². The molecule has 1 atom stereocenters. The number of nitrogens with zero attached hydrogens (tertiary/aromatic N) is 3. The summed E-state index contributed by atoms with van der Waals surface area (Å²) in [5, 5.41) is 6.71. The molecule has 2 heterocycles. The molecule has 1 aromatic rings. The number of ether oxygens (including phenoxy) is 1. The van der Waals surface area contributed by atoms with E-state index in [-0.39, 0.29) is 24.0 Å². The number of piperidine rings is 1. The molecule has 1 fully saturated rings. The van der Waals surface area contributed by atoms with E-state index in [9.17, 15) is 0 Å². The molecular formula is C18H32IN5O. The van der Waals surface area contributed by atoms with Crippen molar-refractivity contribution in [2.75, 3.05) is 33.8 Å². The van der Waals surface area contributed by atoms with Gasteiger partial charge >= 0.3 is 0 Å². The predicted octanol–water partition coefficient (Wildman–Crippen LogP) is 2.64. The molecule has 0 aromatic carbocycles. The van der Waals surface area contributed by atoms with E-state index in [4.69, 9.17) is 4.74 Å². The van der Waals surface area contributed by atoms with Gasteiger partial charge in [0.15, 0.2) is 5.96 Å². The highest BCUT2D eigenvalue weighted by Gasteiger charge is 2.17. The van der Waals surface area contributed by atoms with Gasteiger partial charge in [-0.05, 0) is 44.4 Å². The number of aromatic nitrogens is 1. The fourth-order valence-electron chi connectivity index (χ4n) is 3.06. The van der Waals surface area contributed by atoms with Gasteiger partial charge in [0.05, 0.1) is 7.11 Å². The first-order chi connectivity index (χ1) is 11.7. The van der Waals surface area contributed by atoms with Crippen LogP contribution in [0.4, 0.5) is 0 Å². The lowest BCUT2D eigenvalue weighted by atomic mass is 10.0. The molecule has 0 amide bonds. The number of aliphatic imine (C=N–C) groups is 1. The van der Waals surface area contributed by atoms with E-state index < -0.39 is 0 Å². The molecule has 0 spiro atoms. The van der Waals surface area contributed by atoms with Crippen molar-refractivity contribution in [1.29, 1.82) is 0 Å². The summed E-state index contributed by atoms with van der Waals surface area (Å²) in [6.07, 6.45) is 6.95. The molecule has 1 aliphatic rings. The number of pyridine rings is 1. The first kappa shape index (κ1) is 22.0. The highest BCUT2D eigenvalue weighted by atomic mass is 127. The Kier molecular flexibility index (Phi) is 10.8. The third kappa shape index (κ3) is 7.77. The Labute approximate surface area is 168 Å². The molecule has 1 saturated heterocycles. The monoisotopic (exact) mass is 461 g/mol. The molecule has 7 heteroatoms. The van der Waals surface area contributed by atoms with Crippen molar-refractivity contribution in [3.63, 3.8) is 0 Å². The number of rotatable bonds is 7. The van der Waals surface area contributed by atoms with Crippen molar-refractivity contribution >= 4 is 29.9 Å². The van der Waals surface area contributed by atoms with Gasteiger partial charge in [-0.3, -0.25) is 4.99 Å². The van der Waals surface area contributed by atoms with Crippen molar-refractivity contribution < 1.29 is 4.74 Å². The lowest BCUT2D eigenvalue weighted by molar-refractivity contribution is 0.159. The minimum absolute atomic E-state index is 0. The quantitative estimate of drug-likeness (QED) is 0.283. The van der Waals surface area contributed by atoms with Gasteiger partial charge in [-0.1, -0.05) is 6.42 Å². The van der Waals surface area contributed by atoms with Gasteiger partial charge in [-0.15, -0.1) is 24.0 Å². The Morgan fingerprint density at radius 1 is 1.40 bits per heavy atom. The number of methoxy groups -OCH3 is 1. The van der Waals surface area contributed by atoms with Crippen molar-refractivity contribution in [2.45, 2.75) is 45.2 Å². The number of likely N-dealkylation sites (tertiary alicyclic amines) is 1. The average Bonchev–Trinajstić information content (AvgIpc) is 2.62. The van der Waals surface area contributed by atoms with Crippen LogP contribution in [0.5, 0.6) is 5.88 Å². The lowest BCUT2D eigenvalue weighted by Gasteiger charge is -2.33. The summed E-state index contributed by atoms with van der Waals surface area (Å²) in [5.41, 5.74) is 1.12. The van der Waals surface area contributed by atoms with Gasteiger partial charge in [0.1, 0.15) is 0 Å². The summed E-state index contributed by atoms with van der Waals surface area (Å²) >= 11 is 0. The van der Waals surface area contributed by atoms with Crippen LogP contribution in [0.3, 0.4) is 0 Å². The van der Waals surface area contributed by atoms with Crippen LogP contribution in [0.2, 0.25) is 0 Å². The molecule has 1 aliphatic heterocycles. The molecular weight excluding hydrogens is 429 g/mol. The molecule has 142 valence electrons. The lowest BCUT2D eigenvalue weighted by Crippen LogP contribution is -2.41. The average molecular weight is 461 g/mol. The Hall–Kier alpha value is -1.09. The molecule has 0 radical (unpaired) electrons. The third-order valence-corrected chi connectivity index (χ3v) is 4.55. The first-order valence-electron chi connectivity index (χ1n) is 8.90. The van der Waals surface area contributed by atoms with Crippen LogP contribution in [0.25, 0.3) is 0 Å². The molecule has 2 N–H and O–H groups in total. The second-order valence-electron chi connectivity index (χ2n) is 6.29. The second kappa shape index (κ2) is 12.3. The predicted molar refractivity (Wildman–Crippen MR) is 114 cm³/mol. The van der Waals surface area contributed by atoms with E-state index in [1.807, 2.05) is 12.1 Å². The second-order valence-corrected chi connectivity index (χ2v) is 6.29. The van der Waals surface area contributed by atoms with E-state index in [2.05, 4.69) is 32.4 Å². The van der Waals surface area contributed by atoms with E-state index >= 15 is 0 Å². The van der Waals surface area contributed by atoms with Crippen molar-refractivity contribution in [3.8, 4) is 5.88 Å². The topological polar surface area (TPSA) is 61.8 Å². The van der Waals surface area contributed by atoms with Gasteiger partial charge in [0, 0.05) is 45.0 Å². The normalized spacial score (nSPS) is 18.4. The Morgan fingerprint density at radius 3 is 2.96 bits per heavy atom. The fraction of sp³-hybridized carbons (Fsp3) is 0.667. The van der Waals surface area contributed by atoms with Gasteiger partial charge in [-0.2, -0.15) is 0 Å². The van der Waals surface area contributed by atoms with Crippen LogP contribution in [-0.2, 0) is 6.54 Å². The van der Waals surface area contributed by atoms with Gasteiger partial charge in [-0.25, -0.2) is 4.98 Å². The maximum absolute atomic E-state index is 5.14. The van der Waals surface area contributed by atoms with E-state index in [0.717, 1.165) is 37.1 Å². The maximum Gasteiger partial charge on any atom is 0.213 e. The highest BCUT2D eigenvalue weighted by molar-refractivity contribution is 14.0. The number of halogens is 1. The smallest absolute Gasteiger partial charge is 0.213 e. The first-order valence-corrected chi connectivity index (χ1v) is 8.90. The standard InChI is InChI=1S/C18H31N5O.HI/c1-15-7-4-5-11-23(15)12-6-9-21-18(19-2)22-14-16-8-10-20-17(13-16)24-3;/h8,10,13,15H,4-7,9,11-12,14H2,1-3H3,(H2,19,21,22);1H. The minimum atomic E-state index is 0. The van der Waals surface area contributed by atoms with E-state index in [1.54, 1.807) is 20.4 Å². The molecule has 1 unspecified atom stereocenters. The van der Waals surface area contributed by atoms with E-state index in [0.29, 0.717) is 12.4 Å². The summed E-state index contributed by atoms with van der Waals surface area (Å²) in [7, 11) is 3.43. The summed E-state index contributed by atoms with van der Waals surface area (Å²) in [6, 6.07) is 4.64. The highest BCUT2D eigenvalue weighted by Crippen LogP contribution is 2.16. The third-order valence-electron chi connectivity index (χ3n) is 4.55. The molecule has 1 aromatic heterocycles. The van der Waals surface area contributed by atoms with Crippen LogP contribution in [0.15, 0.2) is 23.3 Å². The Bertz CT molecular complexity index is 526. The van der Waals surface area contributed by atoms with E-state index in [1.165, 1.54) is 25.8 Å². The molecule has 25 heavy (non-hydrogen) atoms. The number of hydrogen-bond donors (Lipinski definition) is 2. The van der Waals surface area contributed by atoms with Crippen LogP contribution in [0, 0.1) is 0 Å². The van der Waals surface area contributed by atoms with Crippen molar-refractivity contribution in [1.82, 2.24) is 20.5 Å². The summed E-state index contributed by atoms with van der Waals surface area (Å²) in [6.45, 7) is 6.38. The molecule has 0 aliphatic carbocycles. The fourth-order valence-corrected chi connectivity index (χ4v) is 3.06. The van der Waals surface area contributed by atoms with Gasteiger partial charge in [0.2, 0.25) is 5.88 Å². The molecule has 0 bridgehead atoms. The zero-order valence-electron chi connectivity index (χ0n) is 15.6. The summed E-state index contributed by atoms with van der Waals surface area (Å²) in [5.74, 6) is 1.46. The number of nitrogens with one attached hydrogen (secondary N) is 2. The van der Waals surface area contributed by atoms with Gasteiger partial charge in [0.25, 0.3) is 0 Å². The van der Waals surface area contributed by atoms with Crippen molar-refractivity contribution in [3.05, 3.63) is 23.9 Å². The Balaban J connectivity index is 0.00000312. The summed E-state index contributed by atoms with van der Waals surface area (Å²) < 4.78 is 5.14. The zero-order chi connectivity index (χ0) is 17.2. The summed E-state index contributed by atoms with van der Waals surface area (Å²) in [4.78, 5) is 11.0. The maximum atomic E-state index is 5.14. The number of guanidine groups is 1. The van der Waals surface area contributed by atoms with Crippen LogP contribution < -0.4 is 15.4 Å². The molecule has 2 rings (SSSR count). The van der Waals surface area contributed by atoms with Crippen LogP contribution in [-0.4, -0.2) is 55.7 Å². The minimum Gasteiger partial charge on any atom is -0.481 e. The largest absolute Gasteiger partial charge is 0.481 e. The molecule has 0 saturated carbocycles. The zero-order valence-corrected chi connectivity index (χ0v) is 18.0. The van der Waals surface area contributed by atoms with Crippen molar-refractivity contribution in [2.24, 2.45) is 4.99 Å². The Morgan fingerprint density at radius 2 is 2.24 bits per heavy atom. The van der Waals surface area contributed by atoms with Crippen LogP contribution in [0.1, 0.15) is 38.2 Å². The van der Waals surface area contributed by atoms with Gasteiger partial charge < -0.3 is 20.3 Å². The molecule has 6 nitrogen and oxygen atoms in total. The number of hydrogen-bond acceptors (Lipinski definition) is 4.